The third kappa shape index (κ3) is 1.05. The average Bonchev–Trinajstić information content (AvgIpc) is 2.32. The Kier molecular flexibility index (Phi) is 1.46. The lowest BCUT2D eigenvalue weighted by Gasteiger charge is -2.04. The summed E-state index contributed by atoms with van der Waals surface area (Å²) >= 11 is 0. The van der Waals surface area contributed by atoms with Crippen molar-refractivity contribution in [2.75, 3.05) is 6.26 Å². The summed E-state index contributed by atoms with van der Waals surface area (Å²) in [5.74, 6) is -0.203. The monoisotopic (exact) mass is 169 g/mol. The zero-order chi connectivity index (χ0) is 7.84. The summed E-state index contributed by atoms with van der Waals surface area (Å²) in [4.78, 5) is 5.29. The molecule has 0 fully saturated rings. The second kappa shape index (κ2) is 2.34. The van der Waals surface area contributed by atoms with Crippen molar-refractivity contribution in [2.24, 2.45) is 4.99 Å². The van der Waals surface area contributed by atoms with E-state index in [4.69, 9.17) is 0 Å². The Morgan fingerprint density at radius 2 is 2.27 bits per heavy atom. The Morgan fingerprint density at radius 1 is 1.45 bits per heavy atom. The first-order valence-electron chi connectivity index (χ1n) is 3.34. The van der Waals surface area contributed by atoms with E-state index < -0.39 is 0 Å². The van der Waals surface area contributed by atoms with Crippen molar-refractivity contribution in [3.63, 3.8) is 0 Å². The highest BCUT2D eigenvalue weighted by Gasteiger charge is 2.11. The van der Waals surface area contributed by atoms with E-state index in [2.05, 4.69) is 11.2 Å². The van der Waals surface area contributed by atoms with Gasteiger partial charge in [-0.15, -0.1) is 0 Å². The maximum atomic E-state index is 12.6. The average molecular weight is 169 g/mol. The lowest BCUT2D eigenvalue weighted by molar-refractivity contribution is 0.627. The predicted molar refractivity (Wildman–Crippen MR) is 47.7 cm³/mol. The topological polar surface area (TPSA) is 12.4 Å². The molecular weight excluding hydrogens is 161 g/mol. The number of rotatable bonds is 0. The molecule has 0 spiro atoms. The van der Waals surface area contributed by atoms with Crippen LogP contribution in [0.1, 0.15) is 0 Å². The molecule has 11 heavy (non-hydrogen) atoms. The summed E-state index contributed by atoms with van der Waals surface area (Å²) in [7, 11) is -0.252. The first kappa shape index (κ1) is 6.85. The second-order valence-electron chi connectivity index (χ2n) is 2.49. The summed E-state index contributed by atoms with van der Waals surface area (Å²) < 4.78 is 12.6. The van der Waals surface area contributed by atoms with E-state index in [1.807, 2.05) is 11.6 Å². The van der Waals surface area contributed by atoms with Gasteiger partial charge in [-0.2, -0.15) is 10.9 Å². The maximum absolute atomic E-state index is 12.6. The summed E-state index contributed by atoms with van der Waals surface area (Å²) in [6, 6.07) is 4.80. The van der Waals surface area contributed by atoms with Crippen LogP contribution in [0.4, 0.5) is 10.1 Å². The van der Waals surface area contributed by atoms with Crippen molar-refractivity contribution < 1.29 is 4.39 Å². The normalized spacial score (nSPS) is 23.6. The fourth-order valence-electron chi connectivity index (χ4n) is 1.11. The molecular formula is C8H8FNS. The number of hydrogen-bond acceptors (Lipinski definition) is 1. The fourth-order valence-corrected chi connectivity index (χ4v) is 2.32. The Morgan fingerprint density at radius 3 is 3.09 bits per heavy atom. The largest absolute Gasteiger partial charge is 0.250 e. The molecule has 1 aromatic rings. The molecule has 0 N–H and O–H groups in total. The standard InChI is InChI=1S/C8H8FNS/c1-11-5-10-7-4-6(9)2-3-8(7)11/h2-5,11H,1H3. The molecule has 0 bridgehead atoms. The summed E-state index contributed by atoms with van der Waals surface area (Å²) in [6.45, 7) is 0. The minimum absolute atomic E-state index is 0.203. The lowest BCUT2D eigenvalue weighted by atomic mass is 10.3. The number of nitrogens with zero attached hydrogens (tertiary/aromatic N) is 1. The molecule has 1 unspecified atom stereocenters. The van der Waals surface area contributed by atoms with Crippen molar-refractivity contribution in [3.05, 3.63) is 24.0 Å². The van der Waals surface area contributed by atoms with Crippen LogP contribution >= 0.6 is 10.9 Å². The number of benzene rings is 1. The zero-order valence-electron chi connectivity index (χ0n) is 6.08. The fraction of sp³-hybridized carbons (Fsp3) is 0.125. The van der Waals surface area contributed by atoms with E-state index in [-0.39, 0.29) is 16.7 Å². The zero-order valence-corrected chi connectivity index (χ0v) is 6.98. The van der Waals surface area contributed by atoms with Crippen molar-refractivity contribution in [1.29, 1.82) is 0 Å². The highest BCUT2D eigenvalue weighted by atomic mass is 32.2. The molecule has 1 nitrogen and oxygen atoms in total. The van der Waals surface area contributed by atoms with Gasteiger partial charge in [0.05, 0.1) is 5.69 Å². The molecule has 0 saturated carbocycles. The summed E-state index contributed by atoms with van der Waals surface area (Å²) in [5, 5.41) is 0. The number of thiol groups is 1. The van der Waals surface area contributed by atoms with E-state index in [0.29, 0.717) is 0 Å². The minimum Gasteiger partial charge on any atom is -0.250 e. The molecule has 1 aliphatic heterocycles. The first-order valence-corrected chi connectivity index (χ1v) is 5.20. The Labute approximate surface area is 67.3 Å². The van der Waals surface area contributed by atoms with Gasteiger partial charge in [-0.05, 0) is 18.4 Å². The molecule has 0 aliphatic carbocycles. The van der Waals surface area contributed by atoms with Crippen molar-refractivity contribution in [1.82, 2.24) is 0 Å². The van der Waals surface area contributed by atoms with E-state index in [9.17, 15) is 4.39 Å². The number of hydrogen-bond donors (Lipinski definition) is 1. The molecule has 1 atom stereocenters. The number of halogens is 1. The lowest BCUT2D eigenvalue weighted by Crippen LogP contribution is -1.76. The van der Waals surface area contributed by atoms with Gasteiger partial charge in [0.1, 0.15) is 5.82 Å². The van der Waals surface area contributed by atoms with E-state index in [1.165, 1.54) is 17.0 Å². The van der Waals surface area contributed by atoms with Gasteiger partial charge in [-0.25, -0.2) is 4.39 Å². The Hall–Kier alpha value is -0.830. The van der Waals surface area contributed by atoms with Gasteiger partial charge < -0.3 is 0 Å². The molecule has 2 rings (SSSR count). The molecule has 3 heteroatoms. The quantitative estimate of drug-likeness (QED) is 0.573. The van der Waals surface area contributed by atoms with Crippen molar-refractivity contribution in [3.8, 4) is 0 Å². The van der Waals surface area contributed by atoms with Gasteiger partial charge in [0.15, 0.2) is 0 Å². The van der Waals surface area contributed by atoms with Crippen LogP contribution < -0.4 is 0 Å². The van der Waals surface area contributed by atoms with Gasteiger partial charge in [0.25, 0.3) is 0 Å². The molecule has 1 aromatic carbocycles. The molecule has 0 radical (unpaired) electrons. The van der Waals surface area contributed by atoms with Crippen LogP contribution in [-0.4, -0.2) is 11.8 Å². The Balaban J connectivity index is 2.58. The predicted octanol–water partition coefficient (Wildman–Crippen LogP) is 2.49. The van der Waals surface area contributed by atoms with Gasteiger partial charge in [-0.1, -0.05) is 0 Å². The van der Waals surface area contributed by atoms with Crippen LogP contribution in [0.2, 0.25) is 0 Å². The van der Waals surface area contributed by atoms with E-state index in [1.54, 1.807) is 0 Å². The molecule has 0 amide bonds. The molecule has 0 aromatic heterocycles. The highest BCUT2D eigenvalue weighted by molar-refractivity contribution is 8.28. The minimum atomic E-state index is -0.252. The summed E-state index contributed by atoms with van der Waals surface area (Å²) in [6.07, 6.45) is 2.11. The summed E-state index contributed by atoms with van der Waals surface area (Å²) in [5.41, 5.74) is 2.71. The molecule has 58 valence electrons. The van der Waals surface area contributed by atoms with Crippen molar-refractivity contribution >= 4 is 22.1 Å². The van der Waals surface area contributed by atoms with Gasteiger partial charge in [0, 0.05) is 16.5 Å². The van der Waals surface area contributed by atoms with Crippen molar-refractivity contribution in [2.45, 2.75) is 4.90 Å². The molecule has 1 heterocycles. The van der Waals surface area contributed by atoms with E-state index >= 15 is 0 Å². The van der Waals surface area contributed by atoms with Gasteiger partial charge in [-0.3, -0.25) is 4.99 Å². The number of aliphatic imine (C=N–C) groups is 1. The Bertz CT molecular complexity index is 322. The second-order valence-corrected chi connectivity index (χ2v) is 4.42. The van der Waals surface area contributed by atoms with E-state index in [0.717, 1.165) is 5.69 Å². The SMILES string of the molecule is C[SH]1C=Nc2cc(F)ccc21. The highest BCUT2D eigenvalue weighted by Crippen LogP contribution is 2.43. The molecule has 0 saturated heterocycles. The van der Waals surface area contributed by atoms with Crippen LogP contribution in [-0.2, 0) is 0 Å². The first-order chi connectivity index (χ1) is 5.27. The van der Waals surface area contributed by atoms with Gasteiger partial charge in [0.2, 0.25) is 0 Å². The van der Waals surface area contributed by atoms with Crippen LogP contribution in [0.25, 0.3) is 0 Å². The third-order valence-corrected chi connectivity index (χ3v) is 3.29. The smallest absolute Gasteiger partial charge is 0.125 e. The molecule has 1 aliphatic rings. The third-order valence-electron chi connectivity index (χ3n) is 1.69. The maximum Gasteiger partial charge on any atom is 0.125 e. The van der Waals surface area contributed by atoms with Crippen LogP contribution in [0, 0.1) is 5.82 Å². The van der Waals surface area contributed by atoms with Crippen LogP contribution in [0.15, 0.2) is 28.1 Å². The van der Waals surface area contributed by atoms with Crippen LogP contribution in [0.5, 0.6) is 0 Å². The van der Waals surface area contributed by atoms with Crippen LogP contribution in [0.3, 0.4) is 0 Å². The number of fused-ring (bicyclic) bond motifs is 1. The van der Waals surface area contributed by atoms with Gasteiger partial charge >= 0.3 is 0 Å².